The molecule has 1 aliphatic carbocycles. The van der Waals surface area contributed by atoms with Crippen molar-refractivity contribution in [2.75, 3.05) is 12.3 Å². The lowest BCUT2D eigenvalue weighted by atomic mass is 9.81. The molecule has 0 saturated heterocycles. The summed E-state index contributed by atoms with van der Waals surface area (Å²) in [7, 11) is -3.87. The molecule has 2 N–H and O–H groups in total. The fourth-order valence-corrected chi connectivity index (χ4v) is 8.78. The zero-order chi connectivity index (χ0) is 32.7. The van der Waals surface area contributed by atoms with Gasteiger partial charge in [0, 0.05) is 22.9 Å². The number of hydrogen-bond donors (Lipinski definition) is 2. The molecule has 9 nitrogen and oxygen atoms in total. The first-order valence-corrected chi connectivity index (χ1v) is 18.6. The maximum atomic E-state index is 13.5. The van der Waals surface area contributed by atoms with E-state index in [0.29, 0.717) is 13.0 Å². The Balaban J connectivity index is 1.42. The fraction of sp³-hybridized carbons (Fsp3) is 0.333. The molecular weight excluding hydrogens is 631 g/mol. The monoisotopic (exact) mass is 667 g/mol. The smallest absolute Gasteiger partial charge is 0.264 e. The number of hydrogen-bond acceptors (Lipinski definition) is 7. The quantitative estimate of drug-likeness (QED) is 0.205. The van der Waals surface area contributed by atoms with E-state index in [1.807, 2.05) is 36.6 Å². The van der Waals surface area contributed by atoms with Crippen LogP contribution in [0.15, 0.2) is 60.7 Å². The van der Waals surface area contributed by atoms with Gasteiger partial charge < -0.3 is 9.88 Å². The Hall–Kier alpha value is -4.35. The number of pyridine rings is 1. The highest BCUT2D eigenvalue weighted by atomic mass is 32.2. The first kappa shape index (κ1) is 31.3. The second-order valence-electron chi connectivity index (χ2n) is 12.5. The fourth-order valence-electron chi connectivity index (χ4n) is 7.01. The number of carbonyl (C=O) groups is 2. The summed E-state index contributed by atoms with van der Waals surface area (Å²) in [6.45, 7) is 4.45. The molecule has 0 radical (unpaired) electrons. The number of sulfonamides is 1. The molecule has 5 aromatic rings. The summed E-state index contributed by atoms with van der Waals surface area (Å²) >= 11 is 1.64. The number of carbonyl (C=O) groups excluding carboxylic acids is 2. The molecule has 1 saturated carbocycles. The van der Waals surface area contributed by atoms with Crippen molar-refractivity contribution < 1.29 is 18.0 Å². The second kappa shape index (κ2) is 12.7. The molecule has 4 heterocycles. The SMILES string of the molecule is Cc1nc(C)c(-c2ccc3cc(-c4c(C5CCCCC5)c5ccc6cc5n4CC(=O)NCCC=CCS(=O)(=O)NC6=O)ccc3n2)s1. The van der Waals surface area contributed by atoms with Gasteiger partial charge in [0.15, 0.2) is 0 Å². The van der Waals surface area contributed by atoms with E-state index in [1.54, 1.807) is 29.5 Å². The van der Waals surface area contributed by atoms with E-state index in [2.05, 4.69) is 33.2 Å². The lowest BCUT2D eigenvalue weighted by Gasteiger charge is -2.24. The molecule has 0 spiro atoms. The molecule has 47 heavy (non-hydrogen) atoms. The summed E-state index contributed by atoms with van der Waals surface area (Å²) in [6.07, 6.45) is 9.21. The van der Waals surface area contributed by atoms with Gasteiger partial charge in [-0.25, -0.2) is 23.1 Å². The van der Waals surface area contributed by atoms with E-state index in [9.17, 15) is 18.0 Å². The van der Waals surface area contributed by atoms with Crippen LogP contribution < -0.4 is 10.0 Å². The van der Waals surface area contributed by atoms with Gasteiger partial charge in [-0.1, -0.05) is 49.6 Å². The predicted molar refractivity (Wildman–Crippen MR) is 187 cm³/mol. The molecule has 2 aromatic carbocycles. The first-order valence-electron chi connectivity index (χ1n) is 16.1. The van der Waals surface area contributed by atoms with E-state index < -0.39 is 15.9 Å². The van der Waals surface area contributed by atoms with Crippen LogP contribution in [0.25, 0.3) is 43.6 Å². The molecule has 11 heteroatoms. The number of benzene rings is 2. The average molecular weight is 668 g/mol. The van der Waals surface area contributed by atoms with E-state index >= 15 is 0 Å². The number of amides is 2. The Kier molecular flexibility index (Phi) is 8.44. The van der Waals surface area contributed by atoms with Crippen LogP contribution in [0.2, 0.25) is 0 Å². The lowest BCUT2D eigenvalue weighted by Crippen LogP contribution is -2.32. The molecule has 2 amide bonds. The van der Waals surface area contributed by atoms with Crippen molar-refractivity contribution in [2.24, 2.45) is 0 Å². The van der Waals surface area contributed by atoms with Crippen LogP contribution in [0.5, 0.6) is 0 Å². The zero-order valence-corrected chi connectivity index (χ0v) is 28.1. The van der Waals surface area contributed by atoms with E-state index in [4.69, 9.17) is 4.98 Å². The van der Waals surface area contributed by atoms with Crippen molar-refractivity contribution in [3.63, 3.8) is 0 Å². The number of thiazole rings is 1. The molecule has 2 aliphatic rings. The van der Waals surface area contributed by atoms with Crippen LogP contribution in [0, 0.1) is 13.8 Å². The molecule has 1 fully saturated rings. The number of nitrogens with one attached hydrogen (secondary N) is 2. The first-order chi connectivity index (χ1) is 22.7. The van der Waals surface area contributed by atoms with E-state index in [1.165, 1.54) is 18.1 Å². The van der Waals surface area contributed by atoms with Gasteiger partial charge in [-0.15, -0.1) is 11.3 Å². The van der Waals surface area contributed by atoms with Gasteiger partial charge in [0.25, 0.3) is 5.91 Å². The van der Waals surface area contributed by atoms with Gasteiger partial charge >= 0.3 is 0 Å². The topological polar surface area (TPSA) is 123 Å². The summed E-state index contributed by atoms with van der Waals surface area (Å²) in [4.78, 5) is 37.3. The molecule has 3 aromatic heterocycles. The Morgan fingerprint density at radius 2 is 1.72 bits per heavy atom. The predicted octanol–water partition coefficient (Wildman–Crippen LogP) is 6.78. The van der Waals surface area contributed by atoms with Crippen LogP contribution >= 0.6 is 11.3 Å². The van der Waals surface area contributed by atoms with Gasteiger partial charge in [-0.2, -0.15) is 0 Å². The normalized spacial score (nSPS) is 17.8. The number of aryl methyl sites for hydroxylation is 2. The summed E-state index contributed by atoms with van der Waals surface area (Å²) < 4.78 is 29.5. The number of fused-ring (bicyclic) bond motifs is 2. The summed E-state index contributed by atoms with van der Waals surface area (Å²) in [6, 6.07) is 15.7. The largest absolute Gasteiger partial charge is 0.354 e. The van der Waals surface area contributed by atoms with Crippen molar-refractivity contribution in [1.29, 1.82) is 0 Å². The van der Waals surface area contributed by atoms with Crippen LogP contribution in [-0.2, 0) is 21.4 Å². The van der Waals surface area contributed by atoms with Gasteiger partial charge in [0.2, 0.25) is 15.9 Å². The number of rotatable bonds is 3. The molecule has 0 unspecified atom stereocenters. The maximum absolute atomic E-state index is 13.5. The van der Waals surface area contributed by atoms with Gasteiger partial charge in [-0.05, 0) is 80.5 Å². The van der Waals surface area contributed by atoms with Crippen LogP contribution in [0.3, 0.4) is 0 Å². The zero-order valence-electron chi connectivity index (χ0n) is 26.5. The standard InChI is InChI=1S/C36H37N5O4S2/c1-22-35(46-23(2)38-22)30-16-12-25-19-26(13-15-29(25)39-30)34-33(24-9-5-3-6-10-24)28-14-11-27-20-31(28)41(34)21-32(42)37-17-7-4-8-18-47(44,45)40-36(27)43/h4,8,11-16,19-20,24H,3,5-7,9-10,17-18,21H2,1-2H3,(H,37,42)(H,40,43). The van der Waals surface area contributed by atoms with Crippen LogP contribution in [0.4, 0.5) is 0 Å². The van der Waals surface area contributed by atoms with Crippen molar-refractivity contribution in [3.8, 4) is 21.8 Å². The third-order valence-electron chi connectivity index (χ3n) is 9.14. The van der Waals surface area contributed by atoms with Gasteiger partial charge in [0.05, 0.1) is 43.8 Å². The minimum atomic E-state index is -3.87. The maximum Gasteiger partial charge on any atom is 0.264 e. The minimum absolute atomic E-state index is 0.0604. The highest BCUT2D eigenvalue weighted by Crippen LogP contribution is 2.45. The van der Waals surface area contributed by atoms with Crippen molar-refractivity contribution in [1.82, 2.24) is 24.6 Å². The molecule has 7 rings (SSSR count). The van der Waals surface area contributed by atoms with Gasteiger partial charge in [-0.3, -0.25) is 9.59 Å². The Bertz CT molecular complexity index is 2170. The number of aromatic nitrogens is 3. The Morgan fingerprint density at radius 3 is 2.51 bits per heavy atom. The van der Waals surface area contributed by atoms with Crippen LogP contribution in [0.1, 0.15) is 71.1 Å². The molecular formula is C36H37N5O4S2. The van der Waals surface area contributed by atoms with Crippen LogP contribution in [-0.4, -0.2) is 47.1 Å². The molecule has 0 atom stereocenters. The Morgan fingerprint density at radius 1 is 0.915 bits per heavy atom. The summed E-state index contributed by atoms with van der Waals surface area (Å²) in [5.41, 5.74) is 6.80. The average Bonchev–Trinajstić information content (AvgIpc) is 3.57. The summed E-state index contributed by atoms with van der Waals surface area (Å²) in [5.74, 6) is -0.864. The molecule has 242 valence electrons. The van der Waals surface area contributed by atoms with Gasteiger partial charge in [0.1, 0.15) is 6.54 Å². The van der Waals surface area contributed by atoms with Crippen molar-refractivity contribution in [2.45, 2.75) is 64.8 Å². The highest BCUT2D eigenvalue weighted by Gasteiger charge is 2.28. The number of nitrogens with zero attached hydrogens (tertiary/aromatic N) is 3. The second-order valence-corrected chi connectivity index (χ2v) is 15.5. The third kappa shape index (κ3) is 6.34. The Labute approximate surface area is 278 Å². The third-order valence-corrected chi connectivity index (χ3v) is 11.4. The minimum Gasteiger partial charge on any atom is -0.354 e. The lowest BCUT2D eigenvalue weighted by molar-refractivity contribution is -0.121. The van der Waals surface area contributed by atoms with Crippen molar-refractivity contribution >= 4 is 55.0 Å². The molecule has 2 bridgehead atoms. The van der Waals surface area contributed by atoms with E-state index in [-0.39, 0.29) is 29.7 Å². The highest BCUT2D eigenvalue weighted by molar-refractivity contribution is 7.90. The summed E-state index contributed by atoms with van der Waals surface area (Å²) in [5, 5.41) is 5.97. The molecule has 1 aliphatic heterocycles. The van der Waals surface area contributed by atoms with E-state index in [0.717, 1.165) is 80.0 Å². The van der Waals surface area contributed by atoms with Crippen molar-refractivity contribution in [3.05, 3.63) is 82.5 Å².